The van der Waals surface area contributed by atoms with Crippen LogP contribution in [-0.4, -0.2) is 37.4 Å². The third-order valence-electron chi connectivity index (χ3n) is 5.06. The van der Waals surface area contributed by atoms with E-state index in [0.29, 0.717) is 22.8 Å². The van der Waals surface area contributed by atoms with Crippen molar-refractivity contribution < 1.29 is 36.7 Å². The molecule has 0 aliphatic carbocycles. The molecule has 0 spiro atoms. The van der Waals surface area contributed by atoms with E-state index < -0.39 is 23.7 Å². The van der Waals surface area contributed by atoms with Gasteiger partial charge in [-0.15, -0.1) is 0 Å². The summed E-state index contributed by atoms with van der Waals surface area (Å²) in [4.78, 5) is 17.1. The number of amides is 1. The average Bonchev–Trinajstić information content (AvgIpc) is 3.30. The molecule has 0 fully saturated rings. The Morgan fingerprint density at radius 3 is 2.06 bits per heavy atom. The lowest BCUT2D eigenvalue weighted by Crippen LogP contribution is -2.32. The largest absolute Gasteiger partial charge is 0.493 e. The number of nitrogens with one attached hydrogen (secondary N) is 1. The molecule has 0 saturated heterocycles. The molecular weight excluding hydrogens is 455 g/mol. The Labute approximate surface area is 194 Å². The number of nitrogens with zero attached hydrogens (tertiary/aromatic N) is 2. The van der Waals surface area contributed by atoms with Gasteiger partial charge in [-0.05, 0) is 42.3 Å². The second-order valence-electron chi connectivity index (χ2n) is 7.64. The summed E-state index contributed by atoms with van der Waals surface area (Å²) in [6.07, 6.45) is -4.48. The minimum absolute atomic E-state index is 0.0722. The first-order chi connectivity index (χ1) is 16.1. The third-order valence-corrected chi connectivity index (χ3v) is 5.06. The second kappa shape index (κ2) is 10.0. The number of carbonyl (C=O) groups is 1. The normalized spacial score (nSPS) is 12.4. The molecule has 34 heavy (non-hydrogen) atoms. The van der Waals surface area contributed by atoms with Crippen molar-refractivity contribution >= 4 is 5.91 Å². The molecule has 3 aromatic rings. The summed E-state index contributed by atoms with van der Waals surface area (Å²) in [7, 11) is 4.45. The average molecular weight is 479 g/mol. The molecule has 0 aliphatic rings. The maximum Gasteiger partial charge on any atom is 0.416 e. The van der Waals surface area contributed by atoms with Crippen LogP contribution in [0.5, 0.6) is 17.2 Å². The van der Waals surface area contributed by atoms with Crippen LogP contribution in [0, 0.1) is 5.92 Å². The fourth-order valence-corrected chi connectivity index (χ4v) is 3.24. The van der Waals surface area contributed by atoms with Gasteiger partial charge in [0.1, 0.15) is 6.04 Å². The van der Waals surface area contributed by atoms with Crippen LogP contribution in [0.2, 0.25) is 0 Å². The van der Waals surface area contributed by atoms with Gasteiger partial charge in [0.15, 0.2) is 11.5 Å². The molecule has 1 heterocycles. The first kappa shape index (κ1) is 24.9. The van der Waals surface area contributed by atoms with Gasteiger partial charge in [-0.2, -0.15) is 18.2 Å². The third kappa shape index (κ3) is 5.24. The summed E-state index contributed by atoms with van der Waals surface area (Å²) in [6, 6.07) is 6.57. The molecular formula is C23H24F3N3O5. The zero-order valence-electron chi connectivity index (χ0n) is 19.2. The van der Waals surface area contributed by atoms with E-state index in [2.05, 4.69) is 15.5 Å². The second-order valence-corrected chi connectivity index (χ2v) is 7.64. The van der Waals surface area contributed by atoms with Crippen LogP contribution in [0.25, 0.3) is 11.4 Å². The van der Waals surface area contributed by atoms with Crippen molar-refractivity contribution in [1.82, 2.24) is 15.5 Å². The quantitative estimate of drug-likeness (QED) is 0.491. The zero-order chi connectivity index (χ0) is 25.0. The summed E-state index contributed by atoms with van der Waals surface area (Å²) in [5, 5.41) is 6.75. The van der Waals surface area contributed by atoms with Crippen LogP contribution in [0.15, 0.2) is 40.9 Å². The Bertz CT molecular complexity index is 1120. The molecule has 182 valence electrons. The molecule has 0 aliphatic heterocycles. The highest BCUT2D eigenvalue weighted by Gasteiger charge is 2.31. The van der Waals surface area contributed by atoms with E-state index in [0.717, 1.165) is 24.3 Å². The Balaban J connectivity index is 1.86. The molecule has 0 saturated carbocycles. The summed E-state index contributed by atoms with van der Waals surface area (Å²) < 4.78 is 59.8. The minimum atomic E-state index is -4.48. The van der Waals surface area contributed by atoms with E-state index in [1.165, 1.54) is 21.3 Å². The van der Waals surface area contributed by atoms with Gasteiger partial charge in [0.05, 0.1) is 26.9 Å². The molecule has 1 unspecified atom stereocenters. The maximum atomic E-state index is 12.8. The molecule has 3 rings (SSSR count). The van der Waals surface area contributed by atoms with E-state index in [1.807, 2.05) is 13.8 Å². The van der Waals surface area contributed by atoms with Crippen molar-refractivity contribution in [3.8, 4) is 28.6 Å². The Morgan fingerprint density at radius 1 is 1.00 bits per heavy atom. The zero-order valence-corrected chi connectivity index (χ0v) is 19.2. The van der Waals surface area contributed by atoms with Crippen molar-refractivity contribution in [2.75, 3.05) is 21.3 Å². The standard InChI is InChI=1S/C23H24F3N3O5/c1-12(2)18(27-21(30)13-6-8-15(9-7-13)23(24,25)26)22-28-20(29-34-22)14-10-16(31-3)19(33-5)17(11-14)32-4/h6-12,18H,1-5H3,(H,27,30). The molecule has 2 aromatic carbocycles. The number of benzene rings is 2. The SMILES string of the molecule is COc1cc(-c2noc(C(NC(=O)c3ccc(C(F)(F)F)cc3)C(C)C)n2)cc(OC)c1OC. The number of methoxy groups -OCH3 is 3. The van der Waals surface area contributed by atoms with Crippen molar-refractivity contribution in [2.24, 2.45) is 5.92 Å². The van der Waals surface area contributed by atoms with Crippen LogP contribution in [0.1, 0.15) is 41.7 Å². The fourth-order valence-electron chi connectivity index (χ4n) is 3.24. The fraction of sp³-hybridized carbons (Fsp3) is 0.348. The van der Waals surface area contributed by atoms with E-state index in [1.54, 1.807) is 12.1 Å². The number of ether oxygens (including phenoxy) is 3. The highest BCUT2D eigenvalue weighted by Crippen LogP contribution is 2.40. The predicted molar refractivity (Wildman–Crippen MR) is 116 cm³/mol. The van der Waals surface area contributed by atoms with E-state index >= 15 is 0 Å². The monoisotopic (exact) mass is 479 g/mol. The van der Waals surface area contributed by atoms with Crippen molar-refractivity contribution in [3.63, 3.8) is 0 Å². The first-order valence-corrected chi connectivity index (χ1v) is 10.2. The number of alkyl halides is 3. The maximum absolute atomic E-state index is 12.8. The predicted octanol–water partition coefficient (Wildman–Crippen LogP) is 4.91. The lowest BCUT2D eigenvalue weighted by Gasteiger charge is -2.18. The molecule has 0 radical (unpaired) electrons. The number of carbonyl (C=O) groups excluding carboxylic acids is 1. The summed E-state index contributed by atoms with van der Waals surface area (Å²) in [6.45, 7) is 3.67. The van der Waals surface area contributed by atoms with Crippen LogP contribution < -0.4 is 19.5 Å². The molecule has 0 bridgehead atoms. The smallest absolute Gasteiger partial charge is 0.416 e. The topological polar surface area (TPSA) is 95.7 Å². The van der Waals surface area contributed by atoms with Crippen LogP contribution in [0.4, 0.5) is 13.2 Å². The Morgan fingerprint density at radius 2 is 1.59 bits per heavy atom. The Kier molecular flexibility index (Phi) is 7.33. The van der Waals surface area contributed by atoms with Gasteiger partial charge in [-0.3, -0.25) is 4.79 Å². The van der Waals surface area contributed by atoms with Gasteiger partial charge in [-0.1, -0.05) is 19.0 Å². The van der Waals surface area contributed by atoms with Crippen molar-refractivity contribution in [1.29, 1.82) is 0 Å². The summed E-state index contributed by atoms with van der Waals surface area (Å²) >= 11 is 0. The highest BCUT2D eigenvalue weighted by atomic mass is 19.4. The van der Waals surface area contributed by atoms with E-state index in [-0.39, 0.29) is 23.2 Å². The molecule has 1 aromatic heterocycles. The summed E-state index contributed by atoms with van der Waals surface area (Å²) in [5.41, 5.74) is -0.236. The molecule has 8 nitrogen and oxygen atoms in total. The van der Waals surface area contributed by atoms with Crippen LogP contribution in [0.3, 0.4) is 0 Å². The number of rotatable bonds is 8. The van der Waals surface area contributed by atoms with Gasteiger partial charge in [0.2, 0.25) is 17.5 Å². The molecule has 11 heteroatoms. The summed E-state index contributed by atoms with van der Waals surface area (Å²) in [5.74, 6) is 0.842. The number of halogens is 3. The molecule has 1 amide bonds. The number of hydrogen-bond donors (Lipinski definition) is 1. The molecule has 1 atom stereocenters. The van der Waals surface area contributed by atoms with Gasteiger partial charge in [-0.25, -0.2) is 0 Å². The first-order valence-electron chi connectivity index (χ1n) is 10.2. The van der Waals surface area contributed by atoms with Crippen molar-refractivity contribution in [3.05, 3.63) is 53.4 Å². The lowest BCUT2D eigenvalue weighted by atomic mass is 10.0. The van der Waals surface area contributed by atoms with Crippen LogP contribution >= 0.6 is 0 Å². The highest BCUT2D eigenvalue weighted by molar-refractivity contribution is 5.94. The van der Waals surface area contributed by atoms with Gasteiger partial charge < -0.3 is 24.1 Å². The van der Waals surface area contributed by atoms with E-state index in [9.17, 15) is 18.0 Å². The van der Waals surface area contributed by atoms with Gasteiger partial charge >= 0.3 is 6.18 Å². The number of aromatic nitrogens is 2. The lowest BCUT2D eigenvalue weighted by molar-refractivity contribution is -0.137. The minimum Gasteiger partial charge on any atom is -0.493 e. The molecule has 1 N–H and O–H groups in total. The number of hydrogen-bond acceptors (Lipinski definition) is 7. The van der Waals surface area contributed by atoms with Crippen molar-refractivity contribution in [2.45, 2.75) is 26.1 Å². The van der Waals surface area contributed by atoms with E-state index in [4.69, 9.17) is 18.7 Å². The van der Waals surface area contributed by atoms with Gasteiger partial charge in [0, 0.05) is 11.1 Å². The van der Waals surface area contributed by atoms with Gasteiger partial charge in [0.25, 0.3) is 5.91 Å². The van der Waals surface area contributed by atoms with Crippen LogP contribution in [-0.2, 0) is 6.18 Å². The Hall–Kier alpha value is -3.76.